The van der Waals surface area contributed by atoms with Gasteiger partial charge in [-0.05, 0) is 38.3 Å². The minimum absolute atomic E-state index is 0.275. The number of hydrogen-bond acceptors (Lipinski definition) is 6. The maximum absolute atomic E-state index is 14.1. The first-order valence-electron chi connectivity index (χ1n) is 11.5. The van der Waals surface area contributed by atoms with Crippen molar-refractivity contribution in [3.05, 3.63) is 36.4 Å². The highest BCUT2D eigenvalue weighted by molar-refractivity contribution is 6.76. The first kappa shape index (κ1) is 26.6. The molecule has 0 aliphatic rings. The molecule has 190 valence electrons. The third-order valence-corrected chi connectivity index (χ3v) is 7.04. The van der Waals surface area contributed by atoms with Gasteiger partial charge in [0.05, 0.1) is 13.3 Å². The molecule has 35 heavy (non-hydrogen) atoms. The number of fused-ring (bicyclic) bond motifs is 1. The Kier molecular flexibility index (Phi) is 8.81. The molecule has 3 aromatic heterocycles. The van der Waals surface area contributed by atoms with Crippen LogP contribution < -0.4 is 15.4 Å². The molecular formula is C24H35FN6O3Si. The third-order valence-electron chi connectivity index (χ3n) is 5.34. The summed E-state index contributed by atoms with van der Waals surface area (Å²) in [5, 5.41) is 6.35. The molecule has 0 spiro atoms. The summed E-state index contributed by atoms with van der Waals surface area (Å²) in [6.07, 6.45) is 2.97. The van der Waals surface area contributed by atoms with E-state index in [1.165, 1.54) is 13.2 Å². The summed E-state index contributed by atoms with van der Waals surface area (Å²) in [6.45, 7) is 9.05. The molecule has 0 aliphatic carbocycles. The molecule has 2 amide bonds. The van der Waals surface area contributed by atoms with Gasteiger partial charge in [0.2, 0.25) is 5.88 Å². The van der Waals surface area contributed by atoms with Crippen molar-refractivity contribution >= 4 is 31.0 Å². The molecule has 2 N–H and O–H groups in total. The van der Waals surface area contributed by atoms with Crippen molar-refractivity contribution in [3.8, 4) is 17.0 Å². The fourth-order valence-corrected chi connectivity index (χ4v) is 4.18. The number of carbonyl (C=O) groups is 1. The number of halogens is 1. The second-order valence-electron chi connectivity index (χ2n) is 9.82. The Hall–Kier alpha value is -3.02. The lowest BCUT2D eigenvalue weighted by Gasteiger charge is -2.15. The smallest absolute Gasteiger partial charge is 0.320 e. The van der Waals surface area contributed by atoms with Crippen LogP contribution >= 0.6 is 0 Å². The number of anilines is 1. The van der Waals surface area contributed by atoms with Gasteiger partial charge < -0.3 is 24.3 Å². The van der Waals surface area contributed by atoms with E-state index in [0.717, 1.165) is 24.2 Å². The van der Waals surface area contributed by atoms with E-state index in [0.29, 0.717) is 41.6 Å². The summed E-state index contributed by atoms with van der Waals surface area (Å²) in [5.74, 6) is 0.249. The Labute approximate surface area is 206 Å². The van der Waals surface area contributed by atoms with Crippen molar-refractivity contribution < 1.29 is 18.7 Å². The molecule has 0 radical (unpaired) electrons. The third kappa shape index (κ3) is 7.48. The fraction of sp³-hybridized carbons (Fsp3) is 0.458. The van der Waals surface area contributed by atoms with Crippen LogP contribution in [0.5, 0.6) is 5.88 Å². The molecule has 3 rings (SSSR count). The normalized spacial score (nSPS) is 11.8. The quantitative estimate of drug-likeness (QED) is 0.301. The summed E-state index contributed by atoms with van der Waals surface area (Å²) >= 11 is 0. The van der Waals surface area contributed by atoms with E-state index in [9.17, 15) is 9.18 Å². The Bertz CT molecular complexity index is 1160. The molecule has 0 fully saturated rings. The minimum Gasteiger partial charge on any atom is -0.481 e. The van der Waals surface area contributed by atoms with Gasteiger partial charge in [0.25, 0.3) is 0 Å². The fourth-order valence-electron chi connectivity index (χ4n) is 3.42. The second kappa shape index (κ2) is 11.6. The number of pyridine rings is 2. The van der Waals surface area contributed by atoms with Gasteiger partial charge >= 0.3 is 6.03 Å². The van der Waals surface area contributed by atoms with Gasteiger partial charge in [0, 0.05) is 50.5 Å². The molecule has 0 bridgehead atoms. The number of nitrogens with zero attached hydrogens (tertiary/aromatic N) is 4. The van der Waals surface area contributed by atoms with Crippen molar-refractivity contribution in [2.45, 2.75) is 32.4 Å². The van der Waals surface area contributed by atoms with Crippen LogP contribution in [-0.2, 0) is 11.5 Å². The number of aromatic nitrogens is 3. The molecule has 0 aromatic carbocycles. The van der Waals surface area contributed by atoms with Crippen LogP contribution in [0.4, 0.5) is 15.0 Å². The summed E-state index contributed by atoms with van der Waals surface area (Å²) in [7, 11) is 4.14. The summed E-state index contributed by atoms with van der Waals surface area (Å²) in [4.78, 5) is 23.0. The predicted molar refractivity (Wildman–Crippen MR) is 139 cm³/mol. The van der Waals surface area contributed by atoms with Gasteiger partial charge in [0.1, 0.15) is 24.0 Å². The number of rotatable bonds is 11. The summed E-state index contributed by atoms with van der Waals surface area (Å²) < 4.78 is 27.3. The minimum atomic E-state index is -1.23. The maximum atomic E-state index is 14.1. The first-order valence-corrected chi connectivity index (χ1v) is 15.3. The standard InChI is InChI=1S/C24H35FN6O3Si/c1-30(2)10-9-26-24(32)29-21-8-7-18-20(19-13-17(25)14-27-23(19)33-3)15-31(22(18)28-21)16-34-11-12-35(4,5)6/h7-8,13-15H,9-12,16H2,1-6H3,(H2,26,28,29,32). The van der Waals surface area contributed by atoms with E-state index in [4.69, 9.17) is 9.47 Å². The van der Waals surface area contributed by atoms with Gasteiger partial charge in [0.15, 0.2) is 0 Å². The molecule has 0 saturated carbocycles. The average molecular weight is 503 g/mol. The summed E-state index contributed by atoms with van der Waals surface area (Å²) in [6, 6.07) is 5.65. The highest BCUT2D eigenvalue weighted by Gasteiger charge is 2.18. The molecular weight excluding hydrogens is 467 g/mol. The number of amides is 2. The number of urea groups is 1. The Morgan fingerprint density at radius 2 is 2.00 bits per heavy atom. The molecule has 3 aromatic rings. The van der Waals surface area contributed by atoms with E-state index in [2.05, 4.69) is 40.2 Å². The van der Waals surface area contributed by atoms with Crippen LogP contribution in [0, 0.1) is 5.82 Å². The lowest BCUT2D eigenvalue weighted by Crippen LogP contribution is -2.34. The number of ether oxygens (including phenoxy) is 2. The lowest BCUT2D eigenvalue weighted by atomic mass is 10.1. The van der Waals surface area contributed by atoms with Crippen molar-refractivity contribution in [1.82, 2.24) is 24.8 Å². The van der Waals surface area contributed by atoms with Crippen LogP contribution in [0.25, 0.3) is 22.2 Å². The Morgan fingerprint density at radius 3 is 2.69 bits per heavy atom. The zero-order valence-corrected chi connectivity index (χ0v) is 22.3. The number of hydrogen-bond donors (Lipinski definition) is 2. The maximum Gasteiger partial charge on any atom is 0.320 e. The number of carbonyl (C=O) groups excluding carboxylic acids is 1. The Morgan fingerprint density at radius 1 is 1.23 bits per heavy atom. The van der Waals surface area contributed by atoms with E-state index in [-0.39, 0.29) is 12.8 Å². The van der Waals surface area contributed by atoms with Gasteiger partial charge in [-0.1, -0.05) is 19.6 Å². The molecule has 0 unspecified atom stereocenters. The first-order chi connectivity index (χ1) is 16.6. The summed E-state index contributed by atoms with van der Waals surface area (Å²) in [5.41, 5.74) is 1.83. The number of nitrogens with one attached hydrogen (secondary N) is 2. The van der Waals surface area contributed by atoms with Gasteiger partial charge in [-0.3, -0.25) is 5.32 Å². The van der Waals surface area contributed by atoms with E-state index < -0.39 is 13.9 Å². The molecule has 9 nitrogen and oxygen atoms in total. The average Bonchev–Trinajstić information content (AvgIpc) is 3.13. The second-order valence-corrected chi connectivity index (χ2v) is 15.4. The number of methoxy groups -OCH3 is 1. The van der Waals surface area contributed by atoms with Crippen LogP contribution in [0.15, 0.2) is 30.6 Å². The van der Waals surface area contributed by atoms with Crippen LogP contribution in [-0.4, -0.2) is 74.4 Å². The van der Waals surface area contributed by atoms with Crippen LogP contribution in [0.2, 0.25) is 25.7 Å². The highest BCUT2D eigenvalue weighted by Crippen LogP contribution is 2.35. The number of likely N-dealkylation sites (N-methyl/N-ethyl adjacent to an activating group) is 1. The van der Waals surface area contributed by atoms with Gasteiger partial charge in [-0.25, -0.2) is 19.2 Å². The van der Waals surface area contributed by atoms with Crippen molar-refractivity contribution in [2.75, 3.05) is 46.2 Å². The highest BCUT2D eigenvalue weighted by atomic mass is 28.3. The SMILES string of the molecule is COc1ncc(F)cc1-c1cn(COCC[Si](C)(C)C)c2nc(NC(=O)NCCN(C)C)ccc12. The van der Waals surface area contributed by atoms with E-state index in [1.807, 2.05) is 35.8 Å². The largest absolute Gasteiger partial charge is 0.481 e. The monoisotopic (exact) mass is 502 g/mol. The van der Waals surface area contributed by atoms with Crippen molar-refractivity contribution in [1.29, 1.82) is 0 Å². The molecule has 0 atom stereocenters. The van der Waals surface area contributed by atoms with Gasteiger partial charge in [-0.15, -0.1) is 0 Å². The topological polar surface area (TPSA) is 93.5 Å². The van der Waals surface area contributed by atoms with Gasteiger partial charge in [-0.2, -0.15) is 0 Å². The van der Waals surface area contributed by atoms with Crippen molar-refractivity contribution in [2.24, 2.45) is 0 Å². The van der Waals surface area contributed by atoms with E-state index >= 15 is 0 Å². The lowest BCUT2D eigenvalue weighted by molar-refractivity contribution is 0.0899. The molecule has 3 heterocycles. The molecule has 11 heteroatoms. The van der Waals surface area contributed by atoms with Crippen molar-refractivity contribution in [3.63, 3.8) is 0 Å². The molecule has 0 saturated heterocycles. The predicted octanol–water partition coefficient (Wildman–Crippen LogP) is 4.24. The molecule has 0 aliphatic heterocycles. The zero-order chi connectivity index (χ0) is 25.6. The zero-order valence-electron chi connectivity index (χ0n) is 21.3. The van der Waals surface area contributed by atoms with Crippen LogP contribution in [0.1, 0.15) is 0 Å². The Balaban J connectivity index is 1.92. The van der Waals surface area contributed by atoms with E-state index in [1.54, 1.807) is 6.07 Å². The van der Waals surface area contributed by atoms with Crippen LogP contribution in [0.3, 0.4) is 0 Å².